The summed E-state index contributed by atoms with van der Waals surface area (Å²) < 4.78 is 0. The quantitative estimate of drug-likeness (QED) is 0.0451. The van der Waals surface area contributed by atoms with Gasteiger partial charge in [0.1, 0.15) is 0 Å². The Morgan fingerprint density at radius 3 is 1.13 bits per heavy atom. The van der Waals surface area contributed by atoms with Crippen LogP contribution in [0.1, 0.15) is 239 Å². The van der Waals surface area contributed by atoms with Crippen molar-refractivity contribution in [3.8, 4) is 0 Å². The second-order valence-corrected chi connectivity index (χ2v) is 14.9. The van der Waals surface area contributed by atoms with E-state index < -0.39 is 24.1 Å². The first-order chi connectivity index (χ1) is 23.0. The lowest BCUT2D eigenvalue weighted by Gasteiger charge is -2.30. The fourth-order valence-corrected chi connectivity index (χ4v) is 6.78. The molecule has 0 amide bonds. The molecule has 0 aromatic heterocycles. The Bertz CT molecular complexity index is 662. The Morgan fingerprint density at radius 1 is 0.489 bits per heavy atom. The van der Waals surface area contributed by atoms with Crippen LogP contribution in [0.5, 0.6) is 0 Å². The number of Topliss-reactive ketones (excluding diaryl/α,β-unsaturated/α-hetero) is 1. The van der Waals surface area contributed by atoms with Gasteiger partial charge in [-0.3, -0.25) is 4.79 Å². The Labute approximate surface area is 294 Å². The highest BCUT2D eigenvalue weighted by atomic mass is 16.4. The maximum Gasteiger partial charge on any atom is 0.171 e. The molecule has 0 radical (unpaired) electrons. The number of hydrogen-bond acceptors (Lipinski definition) is 4. The van der Waals surface area contributed by atoms with E-state index in [1.807, 2.05) is 0 Å². The zero-order valence-corrected chi connectivity index (χ0v) is 31.9. The molecular weight excluding hydrogens is 580 g/mol. The number of aliphatic hydroxyl groups is 3. The Morgan fingerprint density at radius 2 is 0.787 bits per heavy atom. The standard InChI is InChI=1S/C43H84O4/c1-3-5-7-9-11-13-15-17-19-20-21-22-23-25-27-29-31-33-35-37-39-42(46)43(47,40-44)41(45)38-36-34-32-30-28-26-24-18-16-14-12-10-8-6-4-2/h18,24,42,44,46-47H,3-17,19-23,25-40H2,1-2H3. The van der Waals surface area contributed by atoms with Crippen LogP contribution in [-0.4, -0.2) is 39.4 Å². The van der Waals surface area contributed by atoms with Gasteiger partial charge in [-0.2, -0.15) is 0 Å². The van der Waals surface area contributed by atoms with Crippen LogP contribution in [0.4, 0.5) is 0 Å². The first kappa shape index (κ1) is 46.3. The number of allylic oxidation sites excluding steroid dienone is 2. The maximum absolute atomic E-state index is 12.7. The van der Waals surface area contributed by atoms with Crippen molar-refractivity contribution in [1.29, 1.82) is 0 Å². The summed E-state index contributed by atoms with van der Waals surface area (Å²) in [5.74, 6) is -0.404. The summed E-state index contributed by atoms with van der Waals surface area (Å²) in [6.07, 6.45) is 46.0. The van der Waals surface area contributed by atoms with Gasteiger partial charge in [-0.05, 0) is 38.5 Å². The van der Waals surface area contributed by atoms with Gasteiger partial charge in [0.2, 0.25) is 0 Å². The van der Waals surface area contributed by atoms with Gasteiger partial charge in [0.05, 0.1) is 12.7 Å². The lowest BCUT2D eigenvalue weighted by Crippen LogP contribution is -2.52. The third-order valence-electron chi connectivity index (χ3n) is 10.3. The van der Waals surface area contributed by atoms with Crippen molar-refractivity contribution in [2.45, 2.75) is 250 Å². The number of rotatable bonds is 39. The van der Waals surface area contributed by atoms with E-state index in [-0.39, 0.29) is 6.42 Å². The van der Waals surface area contributed by atoms with Gasteiger partial charge in [-0.15, -0.1) is 0 Å². The molecule has 0 rings (SSSR count). The topological polar surface area (TPSA) is 77.8 Å². The van der Waals surface area contributed by atoms with Crippen LogP contribution in [-0.2, 0) is 4.79 Å². The van der Waals surface area contributed by atoms with Crippen molar-refractivity contribution in [3.05, 3.63) is 12.2 Å². The summed E-state index contributed by atoms with van der Waals surface area (Å²) in [7, 11) is 0. The molecule has 0 fully saturated rings. The zero-order chi connectivity index (χ0) is 34.5. The number of aliphatic hydroxyl groups excluding tert-OH is 2. The summed E-state index contributed by atoms with van der Waals surface area (Å²) in [5, 5.41) is 31.1. The second kappa shape index (κ2) is 36.6. The minimum absolute atomic E-state index is 0.228. The zero-order valence-electron chi connectivity index (χ0n) is 31.9. The van der Waals surface area contributed by atoms with Crippen molar-refractivity contribution in [1.82, 2.24) is 0 Å². The van der Waals surface area contributed by atoms with Crippen LogP contribution in [0.3, 0.4) is 0 Å². The van der Waals surface area contributed by atoms with Crippen molar-refractivity contribution >= 4 is 5.78 Å². The number of hydrogen-bond donors (Lipinski definition) is 3. The molecule has 47 heavy (non-hydrogen) atoms. The first-order valence-corrected chi connectivity index (χ1v) is 21.2. The average molecular weight is 665 g/mol. The summed E-state index contributed by atoms with van der Waals surface area (Å²) in [5.41, 5.74) is -2.01. The van der Waals surface area contributed by atoms with E-state index in [9.17, 15) is 20.1 Å². The Balaban J connectivity index is 3.63. The Kier molecular flexibility index (Phi) is 36.0. The van der Waals surface area contributed by atoms with E-state index in [4.69, 9.17) is 0 Å². The molecule has 4 heteroatoms. The SMILES string of the molecule is CCCCCCCCC=CCCCCCCCC(=O)C(O)(CO)C(O)CCCCCCCCCCCCCCCCCCCCCC. The lowest BCUT2D eigenvalue weighted by atomic mass is 9.86. The van der Waals surface area contributed by atoms with E-state index in [1.165, 1.54) is 161 Å². The molecule has 0 saturated heterocycles. The highest BCUT2D eigenvalue weighted by Crippen LogP contribution is 2.22. The molecule has 2 atom stereocenters. The van der Waals surface area contributed by atoms with Gasteiger partial charge in [0.15, 0.2) is 11.4 Å². The highest BCUT2D eigenvalue weighted by Gasteiger charge is 2.41. The van der Waals surface area contributed by atoms with Crippen molar-refractivity contribution in [3.63, 3.8) is 0 Å². The molecule has 0 heterocycles. The van der Waals surface area contributed by atoms with Crippen molar-refractivity contribution in [2.24, 2.45) is 0 Å². The molecular formula is C43H84O4. The minimum atomic E-state index is -2.01. The van der Waals surface area contributed by atoms with Crippen LogP contribution in [0.15, 0.2) is 12.2 Å². The second-order valence-electron chi connectivity index (χ2n) is 14.9. The molecule has 0 spiro atoms. The van der Waals surface area contributed by atoms with E-state index in [2.05, 4.69) is 26.0 Å². The van der Waals surface area contributed by atoms with Crippen molar-refractivity contribution < 1.29 is 20.1 Å². The molecule has 0 aliphatic heterocycles. The predicted octanol–water partition coefficient (Wildman–Crippen LogP) is 12.9. The van der Waals surface area contributed by atoms with Crippen LogP contribution < -0.4 is 0 Å². The van der Waals surface area contributed by atoms with Crippen LogP contribution in [0, 0.1) is 0 Å². The van der Waals surface area contributed by atoms with E-state index in [0.717, 1.165) is 44.9 Å². The molecule has 4 nitrogen and oxygen atoms in total. The maximum atomic E-state index is 12.7. The van der Waals surface area contributed by atoms with Gasteiger partial charge in [0, 0.05) is 6.42 Å². The minimum Gasteiger partial charge on any atom is -0.393 e. The molecule has 280 valence electrons. The van der Waals surface area contributed by atoms with Crippen LogP contribution >= 0.6 is 0 Å². The van der Waals surface area contributed by atoms with Gasteiger partial charge >= 0.3 is 0 Å². The predicted molar refractivity (Wildman–Crippen MR) is 205 cm³/mol. The van der Waals surface area contributed by atoms with E-state index >= 15 is 0 Å². The monoisotopic (exact) mass is 665 g/mol. The number of ketones is 1. The molecule has 0 bridgehead atoms. The van der Waals surface area contributed by atoms with Gasteiger partial charge < -0.3 is 15.3 Å². The third-order valence-corrected chi connectivity index (χ3v) is 10.3. The fraction of sp³-hybridized carbons (Fsp3) is 0.930. The largest absolute Gasteiger partial charge is 0.393 e. The molecule has 0 aliphatic rings. The summed E-state index contributed by atoms with van der Waals surface area (Å²) in [6.45, 7) is 3.85. The highest BCUT2D eigenvalue weighted by molar-refractivity contribution is 5.87. The van der Waals surface area contributed by atoms with E-state index in [0.29, 0.717) is 12.8 Å². The Hall–Kier alpha value is -0.710. The van der Waals surface area contributed by atoms with Gasteiger partial charge in [0.25, 0.3) is 0 Å². The smallest absolute Gasteiger partial charge is 0.171 e. The molecule has 3 N–H and O–H groups in total. The number of carbonyl (C=O) groups is 1. The first-order valence-electron chi connectivity index (χ1n) is 21.2. The molecule has 0 aliphatic carbocycles. The van der Waals surface area contributed by atoms with Gasteiger partial charge in [-0.25, -0.2) is 0 Å². The van der Waals surface area contributed by atoms with E-state index in [1.54, 1.807) is 0 Å². The van der Waals surface area contributed by atoms with Crippen LogP contribution in [0.25, 0.3) is 0 Å². The summed E-state index contributed by atoms with van der Waals surface area (Å²) >= 11 is 0. The average Bonchev–Trinajstić information content (AvgIpc) is 3.08. The molecule has 0 aromatic carbocycles. The lowest BCUT2D eigenvalue weighted by molar-refractivity contribution is -0.158. The normalized spacial score (nSPS) is 13.8. The van der Waals surface area contributed by atoms with Crippen molar-refractivity contribution in [2.75, 3.05) is 6.61 Å². The van der Waals surface area contributed by atoms with Gasteiger partial charge in [-0.1, -0.05) is 206 Å². The molecule has 2 unspecified atom stereocenters. The third kappa shape index (κ3) is 29.9. The number of carbonyl (C=O) groups excluding carboxylic acids is 1. The molecule has 0 saturated carbocycles. The molecule has 0 aromatic rings. The fourth-order valence-electron chi connectivity index (χ4n) is 6.78. The number of unbranched alkanes of at least 4 members (excludes halogenated alkanes) is 30. The van der Waals surface area contributed by atoms with Crippen LogP contribution in [0.2, 0.25) is 0 Å². The summed E-state index contributed by atoms with van der Waals surface area (Å²) in [4.78, 5) is 12.7. The summed E-state index contributed by atoms with van der Waals surface area (Å²) in [6, 6.07) is 0.